The molecule has 5 nitrogen and oxygen atoms in total. The highest BCUT2D eigenvalue weighted by molar-refractivity contribution is 9.10. The van der Waals surface area contributed by atoms with Gasteiger partial charge in [0.15, 0.2) is 5.69 Å². The second kappa shape index (κ2) is 5.96. The summed E-state index contributed by atoms with van der Waals surface area (Å²) in [5.74, 6) is 0.663. The third-order valence-corrected chi connectivity index (χ3v) is 5.96. The quantitative estimate of drug-likeness (QED) is 0.639. The van der Waals surface area contributed by atoms with Gasteiger partial charge in [-0.3, -0.25) is 9.48 Å². The Morgan fingerprint density at radius 3 is 2.63 bits per heavy atom. The van der Waals surface area contributed by atoms with Crippen LogP contribution in [0.4, 0.5) is 5.69 Å². The summed E-state index contributed by atoms with van der Waals surface area (Å²) >= 11 is 3.41. The van der Waals surface area contributed by atoms with Gasteiger partial charge in [-0.2, -0.15) is 5.10 Å². The number of hydrogen-bond donors (Lipinski definition) is 1. The van der Waals surface area contributed by atoms with E-state index in [-0.39, 0.29) is 5.91 Å². The van der Waals surface area contributed by atoms with Crippen LogP contribution >= 0.6 is 15.9 Å². The fourth-order valence-corrected chi connectivity index (χ4v) is 4.27. The Bertz CT molecular complexity index is 1050. The SMILES string of the molecule is Cn1nc(C(=O)Nc2ccc(Br)cc2)c2c1-c1ccccc1OC21CCC1. The summed E-state index contributed by atoms with van der Waals surface area (Å²) in [6.07, 6.45) is 2.89. The Morgan fingerprint density at radius 1 is 1.19 bits per heavy atom. The van der Waals surface area contributed by atoms with Crippen LogP contribution in [0.15, 0.2) is 53.0 Å². The molecule has 2 aliphatic rings. The van der Waals surface area contributed by atoms with Crippen LogP contribution in [0.1, 0.15) is 35.3 Å². The predicted molar refractivity (Wildman–Crippen MR) is 107 cm³/mol. The number of benzene rings is 2. The molecule has 1 aromatic heterocycles. The van der Waals surface area contributed by atoms with Crippen LogP contribution < -0.4 is 10.1 Å². The van der Waals surface area contributed by atoms with Crippen molar-refractivity contribution in [1.29, 1.82) is 0 Å². The third kappa shape index (κ3) is 2.51. The molecule has 3 aromatic rings. The van der Waals surface area contributed by atoms with Crippen LogP contribution in [-0.4, -0.2) is 15.7 Å². The van der Waals surface area contributed by atoms with Crippen LogP contribution in [0.25, 0.3) is 11.3 Å². The lowest BCUT2D eigenvalue weighted by atomic mass is 9.71. The number of ether oxygens (including phenoxy) is 1. The molecule has 0 unspecified atom stereocenters. The molecule has 1 N–H and O–H groups in total. The summed E-state index contributed by atoms with van der Waals surface area (Å²) in [5.41, 5.74) is 3.64. The number of rotatable bonds is 2. The van der Waals surface area contributed by atoms with Gasteiger partial charge in [0.25, 0.3) is 5.91 Å². The van der Waals surface area contributed by atoms with E-state index in [1.54, 1.807) is 0 Å². The summed E-state index contributed by atoms with van der Waals surface area (Å²) in [4.78, 5) is 13.1. The molecule has 1 fully saturated rings. The zero-order chi connectivity index (χ0) is 18.6. The van der Waals surface area contributed by atoms with E-state index in [9.17, 15) is 4.79 Å². The van der Waals surface area contributed by atoms with E-state index in [1.165, 1.54) is 0 Å². The molecule has 1 aliphatic heterocycles. The number of nitrogens with zero attached hydrogens (tertiary/aromatic N) is 2. The molecule has 1 spiro atoms. The van der Waals surface area contributed by atoms with Gasteiger partial charge in [0, 0.05) is 22.8 Å². The smallest absolute Gasteiger partial charge is 0.276 e. The largest absolute Gasteiger partial charge is 0.482 e. The zero-order valence-electron chi connectivity index (χ0n) is 14.8. The van der Waals surface area contributed by atoms with Crippen molar-refractivity contribution in [3.63, 3.8) is 0 Å². The van der Waals surface area contributed by atoms with Gasteiger partial charge in [0.2, 0.25) is 0 Å². The van der Waals surface area contributed by atoms with E-state index in [2.05, 4.69) is 26.3 Å². The van der Waals surface area contributed by atoms with Gasteiger partial charge in [0.05, 0.1) is 11.3 Å². The van der Waals surface area contributed by atoms with Crippen molar-refractivity contribution in [3.8, 4) is 17.0 Å². The predicted octanol–water partition coefficient (Wildman–Crippen LogP) is 4.87. The number of fused-ring (bicyclic) bond motifs is 4. The molecule has 2 aromatic carbocycles. The van der Waals surface area contributed by atoms with Crippen LogP contribution in [0.5, 0.6) is 5.75 Å². The molecular formula is C21H18BrN3O2. The minimum Gasteiger partial charge on any atom is -0.482 e. The molecule has 1 amide bonds. The zero-order valence-corrected chi connectivity index (χ0v) is 16.4. The van der Waals surface area contributed by atoms with Crippen molar-refractivity contribution < 1.29 is 9.53 Å². The second-order valence-corrected chi connectivity index (χ2v) is 8.02. The molecule has 0 radical (unpaired) electrons. The average Bonchev–Trinajstić information content (AvgIpc) is 3.00. The number of amides is 1. The second-order valence-electron chi connectivity index (χ2n) is 7.10. The monoisotopic (exact) mass is 423 g/mol. The minimum atomic E-state index is -0.440. The van der Waals surface area contributed by atoms with E-state index in [0.29, 0.717) is 5.69 Å². The van der Waals surface area contributed by atoms with Crippen LogP contribution in [0, 0.1) is 0 Å². The molecule has 27 heavy (non-hydrogen) atoms. The molecule has 1 saturated carbocycles. The Hall–Kier alpha value is -2.60. The maximum atomic E-state index is 13.1. The number of nitrogens with one attached hydrogen (secondary N) is 1. The molecule has 2 heterocycles. The first kappa shape index (κ1) is 16.6. The summed E-state index contributed by atoms with van der Waals surface area (Å²) in [6.45, 7) is 0. The van der Waals surface area contributed by atoms with E-state index >= 15 is 0 Å². The van der Waals surface area contributed by atoms with Crippen molar-refractivity contribution in [3.05, 3.63) is 64.3 Å². The molecule has 0 saturated heterocycles. The number of carbonyl (C=O) groups is 1. The maximum absolute atomic E-state index is 13.1. The molecule has 5 rings (SSSR count). The van der Waals surface area contributed by atoms with Gasteiger partial charge in [-0.25, -0.2) is 0 Å². The van der Waals surface area contributed by atoms with Gasteiger partial charge in [-0.15, -0.1) is 0 Å². The number of carbonyl (C=O) groups excluding carboxylic acids is 1. The Labute approximate surface area is 165 Å². The van der Waals surface area contributed by atoms with Gasteiger partial charge in [0.1, 0.15) is 11.4 Å². The highest BCUT2D eigenvalue weighted by atomic mass is 79.9. The lowest BCUT2D eigenvalue weighted by Gasteiger charge is -2.45. The molecule has 6 heteroatoms. The number of aryl methyl sites for hydroxylation is 1. The lowest BCUT2D eigenvalue weighted by Crippen LogP contribution is -2.43. The van der Waals surface area contributed by atoms with Crippen molar-refractivity contribution in [2.24, 2.45) is 7.05 Å². The highest BCUT2D eigenvalue weighted by Gasteiger charge is 2.50. The van der Waals surface area contributed by atoms with E-state index in [0.717, 1.165) is 52.0 Å². The van der Waals surface area contributed by atoms with Crippen LogP contribution in [0.3, 0.4) is 0 Å². The molecule has 136 valence electrons. The first-order valence-corrected chi connectivity index (χ1v) is 9.79. The van der Waals surface area contributed by atoms with Crippen molar-refractivity contribution >= 4 is 27.5 Å². The lowest BCUT2D eigenvalue weighted by molar-refractivity contribution is -0.0150. The van der Waals surface area contributed by atoms with Gasteiger partial charge in [-0.1, -0.05) is 28.1 Å². The fraction of sp³-hybridized carbons (Fsp3) is 0.238. The minimum absolute atomic E-state index is 0.205. The number of halogens is 1. The molecular weight excluding hydrogens is 406 g/mol. The van der Waals surface area contributed by atoms with E-state index in [4.69, 9.17) is 4.74 Å². The standard InChI is InChI=1S/C21H18BrN3O2/c1-25-19-15-5-2-3-6-16(15)27-21(11-4-12-21)17(19)18(24-25)20(26)23-14-9-7-13(22)8-10-14/h2-3,5-10H,4,11-12H2,1H3,(H,23,26). The van der Waals surface area contributed by atoms with E-state index < -0.39 is 5.60 Å². The molecule has 1 aliphatic carbocycles. The first-order chi connectivity index (χ1) is 13.1. The van der Waals surface area contributed by atoms with Gasteiger partial charge in [-0.05, 0) is 55.7 Å². The first-order valence-electron chi connectivity index (χ1n) is 9.00. The number of aromatic nitrogens is 2. The Morgan fingerprint density at radius 2 is 1.93 bits per heavy atom. The van der Waals surface area contributed by atoms with E-state index in [1.807, 2.05) is 60.3 Å². The number of hydrogen-bond acceptors (Lipinski definition) is 3. The number of para-hydroxylation sites is 1. The van der Waals surface area contributed by atoms with Crippen molar-refractivity contribution in [2.75, 3.05) is 5.32 Å². The third-order valence-electron chi connectivity index (χ3n) is 5.43. The molecule has 0 atom stereocenters. The molecule has 0 bridgehead atoms. The Balaban J connectivity index is 1.62. The summed E-state index contributed by atoms with van der Waals surface area (Å²) in [6, 6.07) is 15.5. The summed E-state index contributed by atoms with van der Waals surface area (Å²) in [7, 11) is 1.89. The maximum Gasteiger partial charge on any atom is 0.276 e. The van der Waals surface area contributed by atoms with Gasteiger partial charge < -0.3 is 10.1 Å². The topological polar surface area (TPSA) is 56.2 Å². The van der Waals surface area contributed by atoms with Crippen LogP contribution in [-0.2, 0) is 12.6 Å². The van der Waals surface area contributed by atoms with Gasteiger partial charge >= 0.3 is 0 Å². The summed E-state index contributed by atoms with van der Waals surface area (Å²) in [5, 5.41) is 7.57. The fourth-order valence-electron chi connectivity index (χ4n) is 4.01. The van der Waals surface area contributed by atoms with Crippen molar-refractivity contribution in [2.45, 2.75) is 24.9 Å². The Kier molecular flexibility index (Phi) is 3.65. The number of anilines is 1. The highest BCUT2D eigenvalue weighted by Crippen LogP contribution is 2.54. The normalized spacial score (nSPS) is 16.1. The van der Waals surface area contributed by atoms with Crippen LogP contribution in [0.2, 0.25) is 0 Å². The van der Waals surface area contributed by atoms with Crippen molar-refractivity contribution in [1.82, 2.24) is 9.78 Å². The summed E-state index contributed by atoms with van der Waals surface area (Å²) < 4.78 is 9.19. The average molecular weight is 424 g/mol.